The molecule has 6 heteroatoms. The average Bonchev–Trinajstić information content (AvgIpc) is 2.62. The van der Waals surface area contributed by atoms with E-state index in [9.17, 15) is 4.79 Å². The van der Waals surface area contributed by atoms with Crippen LogP contribution in [0.3, 0.4) is 0 Å². The van der Waals surface area contributed by atoms with Crippen LogP contribution in [0.15, 0.2) is 6.20 Å². The van der Waals surface area contributed by atoms with Crippen molar-refractivity contribution in [2.75, 3.05) is 18.8 Å². The molecule has 1 saturated heterocycles. The molecule has 3 N–H and O–H groups in total. The van der Waals surface area contributed by atoms with Gasteiger partial charge >= 0.3 is 0 Å². The number of thioether (sulfide) groups is 1. The standard InChI is InChI=1S/C10H16N4OS/c1-6-4-14(5-7(2)16-6)10(15)9-8(11)3-12-13-9/h3,6-7H,4-5,11H2,1-2H3,(H,12,13). The first-order valence-corrected chi connectivity index (χ1v) is 6.25. The Morgan fingerprint density at radius 3 is 2.69 bits per heavy atom. The molecule has 1 aromatic heterocycles. The minimum Gasteiger partial charge on any atom is -0.396 e. The van der Waals surface area contributed by atoms with E-state index in [1.807, 2.05) is 16.7 Å². The van der Waals surface area contributed by atoms with Crippen molar-refractivity contribution in [1.29, 1.82) is 0 Å². The summed E-state index contributed by atoms with van der Waals surface area (Å²) in [5, 5.41) is 7.37. The molecule has 16 heavy (non-hydrogen) atoms. The molecule has 1 aromatic rings. The monoisotopic (exact) mass is 240 g/mol. The second-order valence-corrected chi connectivity index (χ2v) is 6.05. The summed E-state index contributed by atoms with van der Waals surface area (Å²) in [6.07, 6.45) is 1.47. The van der Waals surface area contributed by atoms with E-state index in [-0.39, 0.29) is 5.91 Å². The molecule has 0 bridgehead atoms. The summed E-state index contributed by atoms with van der Waals surface area (Å²) in [6.45, 7) is 5.81. The number of nitrogen functional groups attached to an aromatic ring is 1. The number of hydrogen-bond acceptors (Lipinski definition) is 4. The van der Waals surface area contributed by atoms with Crippen LogP contribution in [0.25, 0.3) is 0 Å². The topological polar surface area (TPSA) is 75.0 Å². The summed E-state index contributed by atoms with van der Waals surface area (Å²) < 4.78 is 0. The summed E-state index contributed by atoms with van der Waals surface area (Å²) >= 11 is 1.91. The number of anilines is 1. The summed E-state index contributed by atoms with van der Waals surface area (Å²) in [5.41, 5.74) is 6.50. The third-order valence-electron chi connectivity index (χ3n) is 2.59. The summed E-state index contributed by atoms with van der Waals surface area (Å²) in [6, 6.07) is 0. The van der Waals surface area contributed by atoms with Crippen LogP contribution < -0.4 is 5.73 Å². The minimum atomic E-state index is -0.0472. The van der Waals surface area contributed by atoms with E-state index >= 15 is 0 Å². The number of rotatable bonds is 1. The first-order chi connectivity index (χ1) is 7.58. The van der Waals surface area contributed by atoms with Crippen LogP contribution in [0.1, 0.15) is 24.3 Å². The number of nitrogens with two attached hydrogens (primary N) is 1. The van der Waals surface area contributed by atoms with Crippen molar-refractivity contribution in [3.05, 3.63) is 11.9 Å². The predicted molar refractivity (Wildman–Crippen MR) is 65.4 cm³/mol. The Balaban J connectivity index is 2.13. The van der Waals surface area contributed by atoms with Crippen LogP contribution in [-0.2, 0) is 0 Å². The second-order valence-electron chi connectivity index (χ2n) is 4.17. The molecule has 0 radical (unpaired) electrons. The highest BCUT2D eigenvalue weighted by Gasteiger charge is 2.28. The van der Waals surface area contributed by atoms with E-state index in [0.717, 1.165) is 13.1 Å². The molecule has 2 heterocycles. The average molecular weight is 240 g/mol. The zero-order chi connectivity index (χ0) is 11.7. The fraction of sp³-hybridized carbons (Fsp3) is 0.600. The van der Waals surface area contributed by atoms with Gasteiger partial charge in [-0.1, -0.05) is 13.8 Å². The third-order valence-corrected chi connectivity index (χ3v) is 3.82. The van der Waals surface area contributed by atoms with Crippen LogP contribution in [0, 0.1) is 0 Å². The first-order valence-electron chi connectivity index (χ1n) is 5.31. The quantitative estimate of drug-likeness (QED) is 0.766. The predicted octanol–water partition coefficient (Wildman–Crippen LogP) is 0.958. The van der Waals surface area contributed by atoms with Crippen molar-refractivity contribution in [3.63, 3.8) is 0 Å². The maximum Gasteiger partial charge on any atom is 0.274 e. The molecule has 1 aliphatic heterocycles. The van der Waals surface area contributed by atoms with Gasteiger partial charge in [-0.3, -0.25) is 9.89 Å². The van der Waals surface area contributed by atoms with Crippen LogP contribution in [0.2, 0.25) is 0 Å². The molecule has 0 aromatic carbocycles. The van der Waals surface area contributed by atoms with Crippen LogP contribution in [0.5, 0.6) is 0 Å². The highest BCUT2D eigenvalue weighted by Crippen LogP contribution is 2.26. The SMILES string of the molecule is CC1CN(C(=O)c2[nH]ncc2N)CC(C)S1. The lowest BCUT2D eigenvalue weighted by Crippen LogP contribution is -2.44. The number of H-pyrrole nitrogens is 1. The minimum absolute atomic E-state index is 0.0472. The van der Waals surface area contributed by atoms with Crippen molar-refractivity contribution in [2.45, 2.75) is 24.3 Å². The zero-order valence-corrected chi connectivity index (χ0v) is 10.3. The van der Waals surface area contributed by atoms with Crippen molar-refractivity contribution in [2.24, 2.45) is 0 Å². The number of aromatic nitrogens is 2. The van der Waals surface area contributed by atoms with Gasteiger partial charge in [0.2, 0.25) is 0 Å². The van der Waals surface area contributed by atoms with E-state index < -0.39 is 0 Å². The van der Waals surface area contributed by atoms with Gasteiger partial charge in [-0.25, -0.2) is 0 Å². The van der Waals surface area contributed by atoms with Crippen molar-refractivity contribution >= 4 is 23.4 Å². The lowest BCUT2D eigenvalue weighted by atomic mass is 10.2. The molecule has 1 fully saturated rings. The van der Waals surface area contributed by atoms with Gasteiger partial charge in [0.15, 0.2) is 0 Å². The molecule has 2 rings (SSSR count). The molecular weight excluding hydrogens is 224 g/mol. The van der Waals surface area contributed by atoms with Gasteiger partial charge in [0.1, 0.15) is 5.69 Å². The number of nitrogens with zero attached hydrogens (tertiary/aromatic N) is 2. The third kappa shape index (κ3) is 2.16. The Labute approximate surface area is 98.8 Å². The van der Waals surface area contributed by atoms with Crippen molar-refractivity contribution in [1.82, 2.24) is 15.1 Å². The lowest BCUT2D eigenvalue weighted by molar-refractivity contribution is 0.0748. The number of carbonyl (C=O) groups excluding carboxylic acids is 1. The van der Waals surface area contributed by atoms with Crippen molar-refractivity contribution in [3.8, 4) is 0 Å². The molecule has 1 aliphatic rings. The molecule has 2 unspecified atom stereocenters. The largest absolute Gasteiger partial charge is 0.396 e. The normalized spacial score (nSPS) is 25.8. The van der Waals surface area contributed by atoms with Gasteiger partial charge in [-0.2, -0.15) is 16.9 Å². The molecule has 1 amide bonds. The summed E-state index contributed by atoms with van der Waals surface area (Å²) in [7, 11) is 0. The van der Waals surface area contributed by atoms with Gasteiger partial charge in [0.25, 0.3) is 5.91 Å². The number of hydrogen-bond donors (Lipinski definition) is 2. The second kappa shape index (κ2) is 4.37. The maximum absolute atomic E-state index is 12.1. The maximum atomic E-state index is 12.1. The van der Waals surface area contributed by atoms with Gasteiger partial charge in [-0.15, -0.1) is 0 Å². The van der Waals surface area contributed by atoms with Gasteiger partial charge in [0, 0.05) is 23.6 Å². The molecule has 0 spiro atoms. The molecule has 2 atom stereocenters. The Hall–Kier alpha value is -1.17. The smallest absolute Gasteiger partial charge is 0.274 e. The van der Waals surface area contributed by atoms with Crippen LogP contribution in [0.4, 0.5) is 5.69 Å². The first kappa shape index (κ1) is 11.3. The fourth-order valence-electron chi connectivity index (χ4n) is 1.97. The van der Waals surface area contributed by atoms with Crippen molar-refractivity contribution < 1.29 is 4.79 Å². The highest BCUT2D eigenvalue weighted by molar-refractivity contribution is 8.00. The molecule has 0 saturated carbocycles. The molecule has 88 valence electrons. The molecular formula is C10H16N4OS. The van der Waals surface area contributed by atoms with E-state index in [1.165, 1.54) is 6.20 Å². The number of amides is 1. The fourth-order valence-corrected chi connectivity index (χ4v) is 3.29. The molecule has 0 aliphatic carbocycles. The zero-order valence-electron chi connectivity index (χ0n) is 9.43. The van der Waals surface area contributed by atoms with Crippen LogP contribution in [-0.4, -0.2) is 44.6 Å². The van der Waals surface area contributed by atoms with E-state index in [4.69, 9.17) is 5.73 Å². The Bertz CT molecular complexity index is 382. The van der Waals surface area contributed by atoms with Crippen LogP contribution >= 0.6 is 11.8 Å². The molecule has 5 nitrogen and oxygen atoms in total. The number of carbonyl (C=O) groups is 1. The highest BCUT2D eigenvalue weighted by atomic mass is 32.2. The Morgan fingerprint density at radius 2 is 2.19 bits per heavy atom. The summed E-state index contributed by atoms with van der Waals surface area (Å²) in [4.78, 5) is 14.0. The van der Waals surface area contributed by atoms with E-state index in [1.54, 1.807) is 0 Å². The Morgan fingerprint density at radius 1 is 1.56 bits per heavy atom. The van der Waals surface area contributed by atoms with E-state index in [2.05, 4.69) is 24.0 Å². The van der Waals surface area contributed by atoms with Gasteiger partial charge in [-0.05, 0) is 0 Å². The Kier molecular flexibility index (Phi) is 3.09. The van der Waals surface area contributed by atoms with E-state index in [0.29, 0.717) is 21.9 Å². The lowest BCUT2D eigenvalue weighted by Gasteiger charge is -2.34. The summed E-state index contributed by atoms with van der Waals surface area (Å²) in [5.74, 6) is -0.0472. The van der Waals surface area contributed by atoms with Gasteiger partial charge in [0.05, 0.1) is 11.9 Å². The van der Waals surface area contributed by atoms with Gasteiger partial charge < -0.3 is 10.6 Å². The number of nitrogens with one attached hydrogen (secondary N) is 1. The number of aromatic amines is 1.